The molecule has 0 unspecified atom stereocenters. The number of hydrogen-bond acceptors (Lipinski definition) is 6. The number of nitrogens with zero attached hydrogens (tertiary/aromatic N) is 3. The summed E-state index contributed by atoms with van der Waals surface area (Å²) < 4.78 is 1.30. The Bertz CT molecular complexity index is 1170. The van der Waals surface area contributed by atoms with Crippen molar-refractivity contribution in [2.24, 2.45) is 0 Å². The van der Waals surface area contributed by atoms with Gasteiger partial charge < -0.3 is 4.84 Å². The summed E-state index contributed by atoms with van der Waals surface area (Å²) in [6.45, 7) is 1.29. The highest BCUT2D eigenvalue weighted by atomic mass is 35.5. The average Bonchev–Trinajstić information content (AvgIpc) is 2.86. The third-order valence-electron chi connectivity index (χ3n) is 4.13. The van der Waals surface area contributed by atoms with Gasteiger partial charge in [-0.05, 0) is 36.4 Å². The van der Waals surface area contributed by atoms with E-state index in [-0.39, 0.29) is 17.2 Å². The fraction of sp³-hybridized carbons (Fsp3) is 0.111. The lowest BCUT2D eigenvalue weighted by atomic mass is 10.1. The number of benzene rings is 2. The molecule has 0 atom stereocenters. The van der Waals surface area contributed by atoms with Gasteiger partial charge in [-0.25, -0.2) is 10.0 Å². The lowest BCUT2D eigenvalue weighted by Gasteiger charge is -2.17. The second-order valence-electron chi connectivity index (χ2n) is 5.85. The van der Waals surface area contributed by atoms with Crippen molar-refractivity contribution in [3.63, 3.8) is 0 Å². The molecule has 3 aromatic rings. The van der Waals surface area contributed by atoms with E-state index < -0.39 is 5.97 Å². The van der Waals surface area contributed by atoms with Crippen LogP contribution in [0, 0.1) is 0 Å². The zero-order valence-corrected chi connectivity index (χ0v) is 14.6. The molecule has 1 aliphatic rings. The van der Waals surface area contributed by atoms with Gasteiger partial charge in [0.15, 0.2) is 5.82 Å². The summed E-state index contributed by atoms with van der Waals surface area (Å²) >= 11 is 5.97. The van der Waals surface area contributed by atoms with E-state index in [1.165, 1.54) is 22.6 Å². The molecule has 0 saturated heterocycles. The van der Waals surface area contributed by atoms with Crippen LogP contribution in [0.25, 0.3) is 16.6 Å². The highest BCUT2D eigenvalue weighted by Gasteiger charge is 2.30. The van der Waals surface area contributed by atoms with E-state index in [1.54, 1.807) is 37.4 Å². The predicted octanol–water partition coefficient (Wildman–Crippen LogP) is 2.50. The Hall–Kier alpha value is -3.19. The van der Waals surface area contributed by atoms with Crippen molar-refractivity contribution in [2.45, 2.75) is 6.92 Å². The summed E-state index contributed by atoms with van der Waals surface area (Å²) in [6.07, 6.45) is 0. The average molecular weight is 370 g/mol. The summed E-state index contributed by atoms with van der Waals surface area (Å²) in [5.74, 6) is -0.801. The number of hydrogen-bond donors (Lipinski definition) is 0. The van der Waals surface area contributed by atoms with Crippen LogP contribution < -0.4 is 10.6 Å². The molecule has 0 N–H and O–H groups in total. The highest BCUT2D eigenvalue weighted by molar-refractivity contribution is 6.31. The molecule has 7 nitrogen and oxygen atoms in total. The maximum absolute atomic E-state index is 12.9. The summed E-state index contributed by atoms with van der Waals surface area (Å²) in [5.41, 5.74) is 1.33. The van der Waals surface area contributed by atoms with Gasteiger partial charge in [-0.15, -0.1) is 0 Å². The predicted molar refractivity (Wildman–Crippen MR) is 96.0 cm³/mol. The molecule has 0 saturated carbocycles. The molecule has 1 aromatic heterocycles. The van der Waals surface area contributed by atoms with E-state index in [4.69, 9.17) is 16.4 Å². The third kappa shape index (κ3) is 2.36. The zero-order valence-electron chi connectivity index (χ0n) is 13.8. The molecule has 2 heterocycles. The molecule has 4 rings (SSSR count). The smallest absolute Gasteiger partial charge is 0.329 e. The number of rotatable bonds is 2. The number of anilines is 1. The first-order chi connectivity index (χ1) is 12.4. The summed E-state index contributed by atoms with van der Waals surface area (Å²) in [5, 5.41) is 2.03. The summed E-state index contributed by atoms with van der Waals surface area (Å²) in [4.78, 5) is 46.0. The lowest BCUT2D eigenvalue weighted by Crippen LogP contribution is -2.23. The first-order valence-corrected chi connectivity index (χ1v) is 8.08. The van der Waals surface area contributed by atoms with Crippen LogP contribution in [0.15, 0.2) is 41.2 Å². The van der Waals surface area contributed by atoms with Crippen LogP contribution in [0.4, 0.5) is 5.69 Å². The Morgan fingerprint density at radius 2 is 1.96 bits per heavy atom. The Kier molecular flexibility index (Phi) is 3.55. The number of hydroxylamine groups is 1. The molecular weight excluding hydrogens is 358 g/mol. The van der Waals surface area contributed by atoms with Crippen molar-refractivity contribution in [1.29, 1.82) is 0 Å². The Labute approximate surface area is 152 Å². The SMILES string of the molecule is CC(=O)ON(C)c1ccc2c(=O)n3c(nc2c1)C(=O)c1cc(Cl)ccc1-3. The van der Waals surface area contributed by atoms with Crippen molar-refractivity contribution in [3.05, 3.63) is 63.2 Å². The number of halogens is 1. The van der Waals surface area contributed by atoms with E-state index in [0.29, 0.717) is 32.9 Å². The number of ketones is 1. The number of fused-ring (bicyclic) bond motifs is 4. The molecule has 0 bridgehead atoms. The minimum Gasteiger partial charge on any atom is -0.341 e. The van der Waals surface area contributed by atoms with E-state index >= 15 is 0 Å². The van der Waals surface area contributed by atoms with E-state index in [1.807, 2.05) is 0 Å². The van der Waals surface area contributed by atoms with Crippen LogP contribution >= 0.6 is 11.6 Å². The normalized spacial score (nSPS) is 12.0. The molecule has 0 radical (unpaired) electrons. The Balaban J connectivity index is 1.93. The molecular formula is C18H12ClN3O4. The maximum Gasteiger partial charge on any atom is 0.329 e. The topological polar surface area (TPSA) is 81.5 Å². The molecule has 0 aliphatic carbocycles. The van der Waals surface area contributed by atoms with Gasteiger partial charge in [0.1, 0.15) is 0 Å². The number of carbonyl (C=O) groups excluding carboxylic acids is 2. The first kappa shape index (κ1) is 16.3. The monoisotopic (exact) mass is 369 g/mol. The van der Waals surface area contributed by atoms with Crippen LogP contribution in [0.3, 0.4) is 0 Å². The van der Waals surface area contributed by atoms with Crippen molar-refractivity contribution < 1.29 is 14.4 Å². The fourth-order valence-corrected chi connectivity index (χ4v) is 3.17. The Morgan fingerprint density at radius 1 is 1.19 bits per heavy atom. The van der Waals surface area contributed by atoms with Gasteiger partial charge in [-0.2, -0.15) is 0 Å². The molecule has 8 heteroatoms. The molecule has 0 spiro atoms. The minimum atomic E-state index is -0.475. The molecule has 1 aliphatic heterocycles. The molecule has 130 valence electrons. The van der Waals surface area contributed by atoms with E-state index in [9.17, 15) is 14.4 Å². The summed E-state index contributed by atoms with van der Waals surface area (Å²) in [6, 6.07) is 9.59. The van der Waals surface area contributed by atoms with Crippen LogP contribution in [0.1, 0.15) is 23.1 Å². The van der Waals surface area contributed by atoms with Gasteiger partial charge in [0.25, 0.3) is 5.56 Å². The standard InChI is InChI=1S/C18H12ClN3O4/c1-9(23)26-21(2)11-4-5-12-14(8-11)20-17-16(24)13-7-10(19)3-6-15(13)22(17)18(12)25/h3-8H,1-2H3. The highest BCUT2D eigenvalue weighted by Crippen LogP contribution is 2.29. The van der Waals surface area contributed by atoms with Crippen LogP contribution in [0.5, 0.6) is 0 Å². The molecule has 2 aromatic carbocycles. The minimum absolute atomic E-state index is 0.0343. The second kappa shape index (κ2) is 5.67. The summed E-state index contributed by atoms with van der Waals surface area (Å²) in [7, 11) is 1.56. The van der Waals surface area contributed by atoms with Crippen LogP contribution in [-0.4, -0.2) is 28.4 Å². The van der Waals surface area contributed by atoms with Crippen molar-refractivity contribution in [1.82, 2.24) is 9.55 Å². The van der Waals surface area contributed by atoms with Gasteiger partial charge in [-0.3, -0.25) is 19.0 Å². The molecule has 0 fully saturated rings. The quantitative estimate of drug-likeness (QED) is 0.505. The van der Waals surface area contributed by atoms with Gasteiger partial charge in [0.2, 0.25) is 5.78 Å². The number of aromatic nitrogens is 2. The molecule has 26 heavy (non-hydrogen) atoms. The van der Waals surface area contributed by atoms with Crippen LogP contribution in [-0.2, 0) is 9.63 Å². The second-order valence-corrected chi connectivity index (χ2v) is 6.28. The van der Waals surface area contributed by atoms with Crippen LogP contribution in [0.2, 0.25) is 5.02 Å². The zero-order chi connectivity index (χ0) is 18.6. The van der Waals surface area contributed by atoms with Gasteiger partial charge >= 0.3 is 5.97 Å². The maximum atomic E-state index is 12.9. The van der Waals surface area contributed by atoms with E-state index in [2.05, 4.69) is 4.98 Å². The van der Waals surface area contributed by atoms with E-state index in [0.717, 1.165) is 0 Å². The third-order valence-corrected chi connectivity index (χ3v) is 4.36. The van der Waals surface area contributed by atoms with Gasteiger partial charge in [0, 0.05) is 19.0 Å². The largest absolute Gasteiger partial charge is 0.341 e. The van der Waals surface area contributed by atoms with Crippen molar-refractivity contribution in [3.8, 4) is 5.69 Å². The fourth-order valence-electron chi connectivity index (χ4n) is 3.00. The van der Waals surface area contributed by atoms with Gasteiger partial charge in [-0.1, -0.05) is 11.6 Å². The first-order valence-electron chi connectivity index (χ1n) is 7.70. The lowest BCUT2D eigenvalue weighted by molar-refractivity contribution is -0.141. The molecule has 0 amide bonds. The van der Waals surface area contributed by atoms with Crippen molar-refractivity contribution >= 4 is 39.9 Å². The van der Waals surface area contributed by atoms with Crippen molar-refractivity contribution in [2.75, 3.05) is 12.1 Å². The number of carbonyl (C=O) groups is 2. The van der Waals surface area contributed by atoms with Gasteiger partial charge in [0.05, 0.1) is 27.8 Å². The Morgan fingerprint density at radius 3 is 2.69 bits per heavy atom.